The van der Waals surface area contributed by atoms with Gasteiger partial charge in [0.2, 0.25) is 0 Å². The van der Waals surface area contributed by atoms with Crippen molar-refractivity contribution in [2.45, 2.75) is 26.1 Å². The van der Waals surface area contributed by atoms with Crippen molar-refractivity contribution in [3.63, 3.8) is 0 Å². The van der Waals surface area contributed by atoms with E-state index in [1.807, 2.05) is 4.90 Å². The summed E-state index contributed by atoms with van der Waals surface area (Å²) in [6.07, 6.45) is 0.461. The highest BCUT2D eigenvalue weighted by Crippen LogP contribution is 2.29. The highest BCUT2D eigenvalue weighted by Gasteiger charge is 2.37. The van der Waals surface area contributed by atoms with E-state index in [0.29, 0.717) is 28.2 Å². The van der Waals surface area contributed by atoms with Gasteiger partial charge in [0.05, 0.1) is 21.4 Å². The highest BCUT2D eigenvalue weighted by atomic mass is 35.5. The van der Waals surface area contributed by atoms with E-state index in [-0.39, 0.29) is 30.6 Å². The van der Waals surface area contributed by atoms with Crippen LogP contribution in [0, 0.1) is 11.8 Å². The Bertz CT molecular complexity index is 572. The van der Waals surface area contributed by atoms with Gasteiger partial charge in [-0.1, -0.05) is 11.6 Å². The lowest BCUT2D eigenvalue weighted by atomic mass is 9.96. The Morgan fingerprint density at radius 2 is 1.92 bits per heavy atom. The molecule has 1 aromatic rings. The van der Waals surface area contributed by atoms with Gasteiger partial charge in [-0.25, -0.2) is 0 Å². The summed E-state index contributed by atoms with van der Waals surface area (Å²) in [6.45, 7) is 8.34. The van der Waals surface area contributed by atoms with Crippen molar-refractivity contribution in [2.75, 3.05) is 39.3 Å². The van der Waals surface area contributed by atoms with Gasteiger partial charge in [0.1, 0.15) is 0 Å². The molecule has 1 amide bonds. The Hall–Kier alpha value is -0.660. The second-order valence-electron chi connectivity index (χ2n) is 6.99. The Morgan fingerprint density at radius 1 is 1.25 bits per heavy atom. The third-order valence-corrected chi connectivity index (χ3v) is 6.09. The predicted octanol–water partition coefficient (Wildman–Crippen LogP) is 2.19. The number of nitrogens with zero attached hydrogens (tertiary/aromatic N) is 2. The normalized spacial score (nSPS) is 31.6. The second-order valence-corrected chi connectivity index (χ2v) is 8.71. The van der Waals surface area contributed by atoms with E-state index < -0.39 is 0 Å². The fourth-order valence-electron chi connectivity index (χ4n) is 3.87. The van der Waals surface area contributed by atoms with Gasteiger partial charge < -0.3 is 14.7 Å². The second kappa shape index (κ2) is 7.70. The number of thiophene rings is 1. The maximum absolute atomic E-state index is 12.6. The molecule has 3 heterocycles. The molecule has 2 aliphatic heterocycles. The molecule has 2 fully saturated rings. The van der Waals surface area contributed by atoms with Crippen molar-refractivity contribution in [1.29, 1.82) is 0 Å². The third-order valence-electron chi connectivity index (χ3n) is 4.87. The molecule has 4 atom stereocenters. The van der Waals surface area contributed by atoms with E-state index in [2.05, 4.69) is 18.7 Å². The largest absolute Gasteiger partial charge is 0.396 e. The smallest absolute Gasteiger partial charge is 0.263 e. The van der Waals surface area contributed by atoms with E-state index in [4.69, 9.17) is 16.3 Å². The van der Waals surface area contributed by atoms with E-state index in [0.717, 1.165) is 19.6 Å². The first-order chi connectivity index (χ1) is 11.5. The molecule has 0 unspecified atom stereocenters. The minimum absolute atomic E-state index is 0.0246. The number of ether oxygens (including phenoxy) is 1. The van der Waals surface area contributed by atoms with E-state index >= 15 is 0 Å². The van der Waals surface area contributed by atoms with Gasteiger partial charge >= 0.3 is 0 Å². The fourth-order valence-corrected chi connectivity index (χ4v) is 4.88. The lowest BCUT2D eigenvalue weighted by molar-refractivity contribution is -0.0726. The summed E-state index contributed by atoms with van der Waals surface area (Å²) >= 11 is 7.25. The molecule has 5 nitrogen and oxygen atoms in total. The zero-order valence-electron chi connectivity index (χ0n) is 14.2. The topological polar surface area (TPSA) is 53.0 Å². The van der Waals surface area contributed by atoms with Crippen molar-refractivity contribution in [1.82, 2.24) is 9.80 Å². The monoisotopic (exact) mass is 372 g/mol. The van der Waals surface area contributed by atoms with Crippen LogP contribution in [0.25, 0.3) is 0 Å². The number of rotatable bonds is 4. The number of carbonyl (C=O) groups excluding carboxylic acids is 1. The summed E-state index contributed by atoms with van der Waals surface area (Å²) in [7, 11) is 0. The van der Waals surface area contributed by atoms with Gasteiger partial charge in [0, 0.05) is 45.2 Å². The molecule has 1 aromatic heterocycles. The molecule has 0 aromatic carbocycles. The van der Waals surface area contributed by atoms with Gasteiger partial charge in [-0.15, -0.1) is 11.3 Å². The molecular weight excluding hydrogens is 348 g/mol. The van der Waals surface area contributed by atoms with Crippen LogP contribution in [0.5, 0.6) is 0 Å². The molecule has 0 radical (unpaired) electrons. The van der Waals surface area contributed by atoms with E-state index in [1.165, 1.54) is 11.3 Å². The first kappa shape index (κ1) is 18.1. The lowest BCUT2D eigenvalue weighted by Crippen LogP contribution is -2.48. The molecule has 7 heteroatoms. The Kier molecular flexibility index (Phi) is 5.82. The Labute approximate surface area is 152 Å². The SMILES string of the molecule is C[C@@H]1CN(C[C@@H]2CN(C(=O)c3ccc(Cl)s3)C[C@@H]2CO)C[C@H](C)O1. The number of likely N-dealkylation sites (tertiary alicyclic amines) is 1. The summed E-state index contributed by atoms with van der Waals surface area (Å²) in [4.78, 5) is 17.6. The number of hydrogen-bond donors (Lipinski definition) is 1. The zero-order valence-corrected chi connectivity index (χ0v) is 15.7. The summed E-state index contributed by atoms with van der Waals surface area (Å²) in [6, 6.07) is 3.54. The number of hydrogen-bond acceptors (Lipinski definition) is 5. The minimum atomic E-state index is 0.0246. The van der Waals surface area contributed by atoms with Gasteiger partial charge in [0.15, 0.2) is 0 Å². The molecule has 134 valence electrons. The summed E-state index contributed by atoms with van der Waals surface area (Å²) < 4.78 is 6.42. The predicted molar refractivity (Wildman–Crippen MR) is 95.7 cm³/mol. The average Bonchev–Trinajstić information content (AvgIpc) is 3.12. The lowest BCUT2D eigenvalue weighted by Gasteiger charge is -2.37. The molecular formula is C17H25ClN2O3S. The quantitative estimate of drug-likeness (QED) is 0.880. The van der Waals surface area contributed by atoms with Crippen LogP contribution in [0.3, 0.4) is 0 Å². The molecule has 2 saturated heterocycles. The number of halogens is 1. The summed E-state index contributed by atoms with van der Waals surface area (Å²) in [5.74, 6) is 0.460. The van der Waals surface area contributed by atoms with Crippen LogP contribution >= 0.6 is 22.9 Å². The van der Waals surface area contributed by atoms with Gasteiger partial charge in [0.25, 0.3) is 5.91 Å². The van der Waals surface area contributed by atoms with E-state index in [1.54, 1.807) is 12.1 Å². The van der Waals surface area contributed by atoms with Gasteiger partial charge in [-0.2, -0.15) is 0 Å². The average molecular weight is 373 g/mol. The van der Waals surface area contributed by atoms with Crippen LogP contribution in [0.1, 0.15) is 23.5 Å². The van der Waals surface area contributed by atoms with E-state index in [9.17, 15) is 9.90 Å². The van der Waals surface area contributed by atoms with Crippen LogP contribution in [0.15, 0.2) is 12.1 Å². The van der Waals surface area contributed by atoms with Crippen molar-refractivity contribution >= 4 is 28.8 Å². The van der Waals surface area contributed by atoms with Crippen molar-refractivity contribution in [2.24, 2.45) is 11.8 Å². The minimum Gasteiger partial charge on any atom is -0.396 e. The molecule has 3 rings (SSSR count). The van der Waals surface area contributed by atoms with Gasteiger partial charge in [-0.3, -0.25) is 9.69 Å². The molecule has 1 N–H and O–H groups in total. The van der Waals surface area contributed by atoms with Crippen molar-refractivity contribution in [3.05, 3.63) is 21.3 Å². The fraction of sp³-hybridized carbons (Fsp3) is 0.706. The van der Waals surface area contributed by atoms with Gasteiger partial charge in [-0.05, 0) is 31.9 Å². The van der Waals surface area contributed by atoms with Crippen LogP contribution in [0.2, 0.25) is 4.34 Å². The third kappa shape index (κ3) is 4.11. The highest BCUT2D eigenvalue weighted by molar-refractivity contribution is 7.17. The first-order valence-electron chi connectivity index (χ1n) is 8.49. The molecule has 24 heavy (non-hydrogen) atoms. The van der Waals surface area contributed by atoms with Crippen LogP contribution in [-0.4, -0.2) is 72.4 Å². The van der Waals surface area contributed by atoms with Crippen molar-refractivity contribution < 1.29 is 14.6 Å². The summed E-state index contributed by atoms with van der Waals surface area (Å²) in [5, 5.41) is 9.74. The molecule has 2 aliphatic rings. The number of aliphatic hydroxyl groups excluding tert-OH is 1. The molecule has 0 bridgehead atoms. The zero-order chi connectivity index (χ0) is 17.3. The number of morpholine rings is 1. The summed E-state index contributed by atoms with van der Waals surface area (Å²) in [5.41, 5.74) is 0. The maximum Gasteiger partial charge on any atom is 0.263 e. The maximum atomic E-state index is 12.6. The Balaban J connectivity index is 1.63. The van der Waals surface area contributed by atoms with Crippen molar-refractivity contribution in [3.8, 4) is 0 Å². The van der Waals surface area contributed by atoms with Crippen LogP contribution < -0.4 is 0 Å². The molecule has 0 aliphatic carbocycles. The molecule has 0 spiro atoms. The number of amides is 1. The standard InChI is InChI=1S/C17H25ClN2O3S/c1-11-5-19(6-12(2)23-11)7-13-8-20(9-14(13)10-21)17(22)15-3-4-16(18)24-15/h3-4,11-14,21H,5-10H2,1-2H3/t11-,12+,13-,14-/m1/s1. The van der Waals surface area contributed by atoms with Crippen LogP contribution in [-0.2, 0) is 4.74 Å². The number of carbonyl (C=O) groups is 1. The molecule has 0 saturated carbocycles. The first-order valence-corrected chi connectivity index (χ1v) is 9.69. The number of aliphatic hydroxyl groups is 1. The van der Waals surface area contributed by atoms with Crippen LogP contribution in [0.4, 0.5) is 0 Å². The Morgan fingerprint density at radius 3 is 2.50 bits per heavy atom.